The van der Waals surface area contributed by atoms with Gasteiger partial charge in [0.1, 0.15) is 5.82 Å². The maximum Gasteiger partial charge on any atom is 0.306 e. The second-order valence-electron chi connectivity index (χ2n) is 5.64. The largest absolute Gasteiger partial charge is 0.481 e. The van der Waals surface area contributed by atoms with Gasteiger partial charge in [-0.05, 0) is 43.5 Å². The number of carboxylic acids is 1. The summed E-state index contributed by atoms with van der Waals surface area (Å²) in [5.41, 5.74) is 1.53. The minimum Gasteiger partial charge on any atom is -0.481 e. The quantitative estimate of drug-likeness (QED) is 0.667. The van der Waals surface area contributed by atoms with Gasteiger partial charge in [-0.3, -0.25) is 4.79 Å². The molecular weight excluding hydrogens is 287 g/mol. The number of carboxylic acid groups (broad SMARTS) is 1. The average Bonchev–Trinajstić information content (AvgIpc) is 2.53. The first kappa shape index (κ1) is 16.7. The van der Waals surface area contributed by atoms with Gasteiger partial charge < -0.3 is 20.4 Å². The maximum absolute atomic E-state index is 14.0. The van der Waals surface area contributed by atoms with E-state index in [0.717, 1.165) is 5.56 Å². The van der Waals surface area contributed by atoms with E-state index in [2.05, 4.69) is 5.32 Å². The third-order valence-corrected chi connectivity index (χ3v) is 4.04. The van der Waals surface area contributed by atoms with E-state index in [-0.39, 0.29) is 18.3 Å². The molecule has 1 aromatic rings. The van der Waals surface area contributed by atoms with Crippen molar-refractivity contribution in [3.8, 4) is 0 Å². The maximum atomic E-state index is 14.0. The first-order valence-electron chi connectivity index (χ1n) is 7.69. The highest BCUT2D eigenvalue weighted by Crippen LogP contribution is 2.26. The number of aliphatic carboxylic acids is 1. The van der Waals surface area contributed by atoms with Gasteiger partial charge in [0.25, 0.3) is 0 Å². The van der Waals surface area contributed by atoms with Crippen LogP contribution in [0.4, 0.5) is 10.1 Å². The lowest BCUT2D eigenvalue weighted by Gasteiger charge is -2.32. The number of aliphatic hydroxyl groups excluding tert-OH is 1. The van der Waals surface area contributed by atoms with Gasteiger partial charge in [0.15, 0.2) is 0 Å². The second-order valence-corrected chi connectivity index (χ2v) is 5.64. The van der Waals surface area contributed by atoms with Crippen LogP contribution in [0.25, 0.3) is 0 Å². The third-order valence-electron chi connectivity index (χ3n) is 4.04. The minimum atomic E-state index is -0.762. The summed E-state index contributed by atoms with van der Waals surface area (Å²) < 4.78 is 14.0. The summed E-state index contributed by atoms with van der Waals surface area (Å²) in [5, 5.41) is 20.9. The Bertz CT molecular complexity index is 502. The SMILES string of the molecule is O=C(O)C1CCN(c2cc(CNCCCO)ccc2F)CC1. The molecule has 2 rings (SSSR count). The molecule has 1 heterocycles. The van der Waals surface area contributed by atoms with Gasteiger partial charge in [-0.25, -0.2) is 4.39 Å². The lowest BCUT2D eigenvalue weighted by Crippen LogP contribution is -2.36. The Morgan fingerprint density at radius 3 is 2.73 bits per heavy atom. The van der Waals surface area contributed by atoms with E-state index >= 15 is 0 Å². The van der Waals surface area contributed by atoms with Crippen LogP contribution in [0.3, 0.4) is 0 Å². The van der Waals surface area contributed by atoms with E-state index in [1.54, 1.807) is 6.07 Å². The number of piperidine rings is 1. The van der Waals surface area contributed by atoms with E-state index in [0.29, 0.717) is 51.1 Å². The Kier molecular flexibility index (Phi) is 6.15. The first-order chi connectivity index (χ1) is 10.6. The zero-order chi connectivity index (χ0) is 15.9. The topological polar surface area (TPSA) is 72.8 Å². The van der Waals surface area contributed by atoms with Crippen LogP contribution in [-0.4, -0.2) is 42.4 Å². The van der Waals surface area contributed by atoms with Crippen LogP contribution in [0.15, 0.2) is 18.2 Å². The molecule has 1 aromatic carbocycles. The second kappa shape index (κ2) is 8.10. The molecule has 6 heteroatoms. The molecular formula is C16H23FN2O3. The Hall–Kier alpha value is -1.66. The van der Waals surface area contributed by atoms with Crippen molar-refractivity contribution in [2.75, 3.05) is 31.1 Å². The smallest absolute Gasteiger partial charge is 0.306 e. The van der Waals surface area contributed by atoms with E-state index in [1.165, 1.54) is 6.07 Å². The molecule has 1 aliphatic heterocycles. The summed E-state index contributed by atoms with van der Waals surface area (Å²) in [6, 6.07) is 5.03. The number of nitrogens with one attached hydrogen (secondary N) is 1. The number of hydrogen-bond acceptors (Lipinski definition) is 4. The van der Waals surface area contributed by atoms with Crippen molar-refractivity contribution in [1.29, 1.82) is 0 Å². The van der Waals surface area contributed by atoms with E-state index in [9.17, 15) is 9.18 Å². The van der Waals surface area contributed by atoms with Gasteiger partial charge in [-0.2, -0.15) is 0 Å². The number of anilines is 1. The van der Waals surface area contributed by atoms with Gasteiger partial charge >= 0.3 is 5.97 Å². The highest BCUT2D eigenvalue weighted by molar-refractivity contribution is 5.70. The molecule has 0 spiro atoms. The fourth-order valence-corrected chi connectivity index (χ4v) is 2.71. The van der Waals surface area contributed by atoms with Crippen LogP contribution in [0.2, 0.25) is 0 Å². The minimum absolute atomic E-state index is 0.153. The van der Waals surface area contributed by atoms with Crippen LogP contribution in [0.1, 0.15) is 24.8 Å². The summed E-state index contributed by atoms with van der Waals surface area (Å²) >= 11 is 0. The molecule has 5 nitrogen and oxygen atoms in total. The number of rotatable bonds is 7. The van der Waals surface area contributed by atoms with Crippen molar-refractivity contribution in [2.24, 2.45) is 5.92 Å². The van der Waals surface area contributed by atoms with E-state index in [4.69, 9.17) is 10.2 Å². The number of benzene rings is 1. The van der Waals surface area contributed by atoms with Crippen LogP contribution in [0.5, 0.6) is 0 Å². The molecule has 0 radical (unpaired) electrons. The van der Waals surface area contributed by atoms with Gasteiger partial charge in [0, 0.05) is 26.2 Å². The normalized spacial score (nSPS) is 16.0. The molecule has 0 atom stereocenters. The molecule has 0 bridgehead atoms. The number of hydrogen-bond donors (Lipinski definition) is 3. The fourth-order valence-electron chi connectivity index (χ4n) is 2.71. The predicted molar refractivity (Wildman–Crippen MR) is 82.4 cm³/mol. The van der Waals surface area contributed by atoms with Crippen LogP contribution in [-0.2, 0) is 11.3 Å². The van der Waals surface area contributed by atoms with Crippen LogP contribution < -0.4 is 10.2 Å². The Labute approximate surface area is 129 Å². The lowest BCUT2D eigenvalue weighted by atomic mass is 9.96. The monoisotopic (exact) mass is 310 g/mol. The molecule has 1 aliphatic rings. The molecule has 0 saturated carbocycles. The van der Waals surface area contributed by atoms with E-state index in [1.807, 2.05) is 11.0 Å². The molecule has 0 unspecified atom stereocenters. The highest BCUT2D eigenvalue weighted by Gasteiger charge is 2.25. The molecule has 122 valence electrons. The van der Waals surface area contributed by atoms with Crippen molar-refractivity contribution in [3.63, 3.8) is 0 Å². The first-order valence-corrected chi connectivity index (χ1v) is 7.69. The predicted octanol–water partition coefficient (Wildman–Crippen LogP) is 1.60. The van der Waals surface area contributed by atoms with Crippen molar-refractivity contribution < 1.29 is 19.4 Å². The number of halogens is 1. The zero-order valence-corrected chi connectivity index (χ0v) is 12.6. The van der Waals surface area contributed by atoms with Gasteiger partial charge in [0.05, 0.1) is 11.6 Å². The Morgan fingerprint density at radius 1 is 1.36 bits per heavy atom. The number of carbonyl (C=O) groups is 1. The van der Waals surface area contributed by atoms with Gasteiger partial charge in [0.2, 0.25) is 0 Å². The molecule has 0 amide bonds. The molecule has 1 saturated heterocycles. The number of aliphatic hydroxyl groups is 1. The standard InChI is InChI=1S/C16H23FN2O3/c17-14-3-2-12(11-18-6-1-9-20)10-15(14)19-7-4-13(5-8-19)16(21)22/h2-3,10,13,18,20H,1,4-9,11H2,(H,21,22). The molecule has 3 N–H and O–H groups in total. The highest BCUT2D eigenvalue weighted by atomic mass is 19.1. The Balaban J connectivity index is 1.97. The molecule has 0 aliphatic carbocycles. The van der Waals surface area contributed by atoms with Gasteiger partial charge in [-0.1, -0.05) is 6.07 Å². The van der Waals surface area contributed by atoms with Crippen molar-refractivity contribution >= 4 is 11.7 Å². The zero-order valence-electron chi connectivity index (χ0n) is 12.6. The molecule has 1 fully saturated rings. The van der Waals surface area contributed by atoms with Crippen molar-refractivity contribution in [1.82, 2.24) is 5.32 Å². The summed E-state index contributed by atoms with van der Waals surface area (Å²) in [6.45, 7) is 2.62. The van der Waals surface area contributed by atoms with Crippen molar-refractivity contribution in [3.05, 3.63) is 29.6 Å². The summed E-state index contributed by atoms with van der Waals surface area (Å²) in [6.07, 6.45) is 1.79. The summed E-state index contributed by atoms with van der Waals surface area (Å²) in [7, 11) is 0. The molecule has 22 heavy (non-hydrogen) atoms. The molecule has 0 aromatic heterocycles. The lowest BCUT2D eigenvalue weighted by molar-refractivity contribution is -0.142. The Morgan fingerprint density at radius 2 is 2.09 bits per heavy atom. The average molecular weight is 310 g/mol. The fraction of sp³-hybridized carbons (Fsp3) is 0.562. The number of nitrogens with zero attached hydrogens (tertiary/aromatic N) is 1. The van der Waals surface area contributed by atoms with Gasteiger partial charge in [-0.15, -0.1) is 0 Å². The summed E-state index contributed by atoms with van der Waals surface area (Å²) in [4.78, 5) is 12.9. The third kappa shape index (κ3) is 4.42. The van der Waals surface area contributed by atoms with Crippen LogP contribution >= 0.6 is 0 Å². The van der Waals surface area contributed by atoms with Crippen LogP contribution in [0, 0.1) is 11.7 Å². The van der Waals surface area contributed by atoms with E-state index < -0.39 is 5.97 Å². The van der Waals surface area contributed by atoms with Crippen molar-refractivity contribution in [2.45, 2.75) is 25.8 Å². The summed E-state index contributed by atoms with van der Waals surface area (Å²) in [5.74, 6) is -1.35.